The average Bonchev–Trinajstić information content (AvgIpc) is 3.26. The SMILES string of the molecule is Cc1nnc2sc(-c3cccc(NC(=O)c4cccs4)c3)nn12. The normalized spacial score (nSPS) is 11.0. The fraction of sp³-hybridized carbons (Fsp3) is 0.0667. The van der Waals surface area contributed by atoms with Crippen molar-refractivity contribution in [3.05, 3.63) is 52.5 Å². The summed E-state index contributed by atoms with van der Waals surface area (Å²) >= 11 is 2.88. The summed E-state index contributed by atoms with van der Waals surface area (Å²) in [6, 6.07) is 11.3. The van der Waals surface area contributed by atoms with Crippen molar-refractivity contribution in [1.82, 2.24) is 19.8 Å². The Kier molecular flexibility index (Phi) is 3.40. The first-order valence-corrected chi connectivity index (χ1v) is 8.54. The third-order valence-electron chi connectivity index (χ3n) is 3.26. The molecule has 4 aromatic rings. The van der Waals surface area contributed by atoms with Crippen LogP contribution >= 0.6 is 22.7 Å². The van der Waals surface area contributed by atoms with E-state index in [2.05, 4.69) is 20.6 Å². The molecule has 0 bridgehead atoms. The molecule has 0 spiro atoms. The van der Waals surface area contributed by atoms with Gasteiger partial charge in [0.25, 0.3) is 5.91 Å². The van der Waals surface area contributed by atoms with Gasteiger partial charge < -0.3 is 5.32 Å². The highest BCUT2D eigenvalue weighted by atomic mass is 32.1. The Hall–Kier alpha value is -2.58. The molecule has 0 aliphatic heterocycles. The van der Waals surface area contributed by atoms with Gasteiger partial charge in [-0.15, -0.1) is 21.5 Å². The Balaban J connectivity index is 1.64. The maximum absolute atomic E-state index is 12.1. The monoisotopic (exact) mass is 341 g/mol. The molecule has 0 aliphatic rings. The molecule has 1 aromatic carbocycles. The van der Waals surface area contributed by atoms with Gasteiger partial charge in [0, 0.05) is 11.3 Å². The molecule has 3 aromatic heterocycles. The standard InChI is InChI=1S/C15H11N5OS2/c1-9-17-18-15-20(9)19-14(23-15)10-4-2-5-11(8-10)16-13(21)12-6-3-7-22-12/h2-8H,1H3,(H,16,21). The number of nitrogens with zero attached hydrogens (tertiary/aromatic N) is 4. The molecule has 8 heteroatoms. The van der Waals surface area contributed by atoms with Crippen LogP contribution in [0.4, 0.5) is 5.69 Å². The highest BCUT2D eigenvalue weighted by Gasteiger charge is 2.12. The second kappa shape index (κ2) is 5.56. The molecule has 3 heterocycles. The van der Waals surface area contributed by atoms with Gasteiger partial charge >= 0.3 is 0 Å². The van der Waals surface area contributed by atoms with E-state index in [-0.39, 0.29) is 5.91 Å². The van der Waals surface area contributed by atoms with Crippen LogP contribution in [0.15, 0.2) is 41.8 Å². The molecule has 1 N–H and O–H groups in total. The smallest absolute Gasteiger partial charge is 0.265 e. The van der Waals surface area contributed by atoms with Gasteiger partial charge in [-0.1, -0.05) is 29.5 Å². The van der Waals surface area contributed by atoms with E-state index in [9.17, 15) is 4.79 Å². The summed E-state index contributed by atoms with van der Waals surface area (Å²) in [7, 11) is 0. The number of hydrogen-bond donors (Lipinski definition) is 1. The van der Waals surface area contributed by atoms with Crippen molar-refractivity contribution in [2.75, 3.05) is 5.32 Å². The number of rotatable bonds is 3. The van der Waals surface area contributed by atoms with Gasteiger partial charge in [-0.3, -0.25) is 4.79 Å². The minimum Gasteiger partial charge on any atom is -0.321 e. The number of hydrogen-bond acceptors (Lipinski definition) is 6. The largest absolute Gasteiger partial charge is 0.321 e. The molecule has 6 nitrogen and oxygen atoms in total. The Labute approximate surface area is 139 Å². The van der Waals surface area contributed by atoms with Crippen LogP contribution in [-0.4, -0.2) is 25.7 Å². The van der Waals surface area contributed by atoms with Crippen molar-refractivity contribution in [3.8, 4) is 10.6 Å². The van der Waals surface area contributed by atoms with Crippen LogP contribution < -0.4 is 5.32 Å². The number of nitrogens with one attached hydrogen (secondary N) is 1. The number of aryl methyl sites for hydroxylation is 1. The lowest BCUT2D eigenvalue weighted by Gasteiger charge is -2.05. The van der Waals surface area contributed by atoms with Crippen LogP contribution in [0.3, 0.4) is 0 Å². The molecule has 0 aliphatic carbocycles. The van der Waals surface area contributed by atoms with Crippen LogP contribution in [0, 0.1) is 6.92 Å². The molecule has 0 radical (unpaired) electrons. The van der Waals surface area contributed by atoms with Crippen molar-refractivity contribution in [1.29, 1.82) is 0 Å². The number of fused-ring (bicyclic) bond motifs is 1. The summed E-state index contributed by atoms with van der Waals surface area (Å²) in [4.78, 5) is 13.6. The van der Waals surface area contributed by atoms with Crippen LogP contribution in [-0.2, 0) is 0 Å². The molecular formula is C15H11N5OS2. The van der Waals surface area contributed by atoms with Gasteiger partial charge in [0.2, 0.25) is 4.96 Å². The van der Waals surface area contributed by atoms with E-state index in [4.69, 9.17) is 0 Å². The minimum absolute atomic E-state index is 0.105. The first-order chi connectivity index (χ1) is 11.2. The number of benzene rings is 1. The van der Waals surface area contributed by atoms with Crippen molar-refractivity contribution in [3.63, 3.8) is 0 Å². The van der Waals surface area contributed by atoms with Crippen molar-refractivity contribution < 1.29 is 4.79 Å². The summed E-state index contributed by atoms with van der Waals surface area (Å²) in [6.45, 7) is 1.86. The minimum atomic E-state index is -0.105. The first-order valence-electron chi connectivity index (χ1n) is 6.85. The maximum atomic E-state index is 12.1. The van der Waals surface area contributed by atoms with Gasteiger partial charge in [0.1, 0.15) is 5.01 Å². The summed E-state index contributed by atoms with van der Waals surface area (Å²) < 4.78 is 1.72. The van der Waals surface area contributed by atoms with E-state index < -0.39 is 0 Å². The number of aromatic nitrogens is 4. The summed E-state index contributed by atoms with van der Waals surface area (Å²) in [5.41, 5.74) is 1.67. The first kappa shape index (κ1) is 14.0. The number of anilines is 1. The van der Waals surface area contributed by atoms with Gasteiger partial charge in [-0.05, 0) is 30.5 Å². The lowest BCUT2D eigenvalue weighted by atomic mass is 10.2. The number of thiophene rings is 1. The van der Waals surface area contributed by atoms with Gasteiger partial charge in [0.05, 0.1) is 4.88 Å². The zero-order valence-electron chi connectivity index (χ0n) is 12.1. The molecule has 0 atom stereocenters. The third-order valence-corrected chi connectivity index (χ3v) is 5.08. The lowest BCUT2D eigenvalue weighted by Crippen LogP contribution is -2.09. The predicted octanol–water partition coefficient (Wildman–Crippen LogP) is 3.48. The molecular weight excluding hydrogens is 330 g/mol. The van der Waals surface area contributed by atoms with Gasteiger partial charge in [-0.25, -0.2) is 0 Å². The maximum Gasteiger partial charge on any atom is 0.265 e. The van der Waals surface area contributed by atoms with Crippen molar-refractivity contribution in [2.24, 2.45) is 0 Å². The highest BCUT2D eigenvalue weighted by molar-refractivity contribution is 7.19. The predicted molar refractivity (Wildman–Crippen MR) is 91.1 cm³/mol. The quantitative estimate of drug-likeness (QED) is 0.619. The zero-order chi connectivity index (χ0) is 15.8. The zero-order valence-corrected chi connectivity index (χ0v) is 13.7. The number of carbonyl (C=O) groups is 1. The van der Waals surface area contributed by atoms with Crippen LogP contribution in [0.5, 0.6) is 0 Å². The van der Waals surface area contributed by atoms with Crippen LogP contribution in [0.2, 0.25) is 0 Å². The lowest BCUT2D eigenvalue weighted by molar-refractivity contribution is 0.103. The van der Waals surface area contributed by atoms with Crippen molar-refractivity contribution in [2.45, 2.75) is 6.92 Å². The van der Waals surface area contributed by atoms with E-state index in [1.54, 1.807) is 10.6 Å². The van der Waals surface area contributed by atoms with Crippen LogP contribution in [0.1, 0.15) is 15.5 Å². The van der Waals surface area contributed by atoms with E-state index in [1.165, 1.54) is 22.7 Å². The third kappa shape index (κ3) is 2.62. The van der Waals surface area contributed by atoms with Gasteiger partial charge in [-0.2, -0.15) is 9.61 Å². The fourth-order valence-corrected chi connectivity index (χ4v) is 3.66. The molecule has 0 saturated heterocycles. The second-order valence-electron chi connectivity index (χ2n) is 4.86. The molecule has 1 amide bonds. The van der Waals surface area contributed by atoms with Crippen molar-refractivity contribution >= 4 is 39.2 Å². The van der Waals surface area contributed by atoms with E-state index in [0.29, 0.717) is 4.88 Å². The number of amides is 1. The topological polar surface area (TPSA) is 72.2 Å². The molecule has 4 rings (SSSR count). The Morgan fingerprint density at radius 3 is 2.91 bits per heavy atom. The van der Waals surface area contributed by atoms with E-state index in [1.807, 2.05) is 42.6 Å². The number of carbonyl (C=O) groups excluding carboxylic acids is 1. The summed E-state index contributed by atoms with van der Waals surface area (Å²) in [5.74, 6) is 0.649. The van der Waals surface area contributed by atoms with Crippen LogP contribution in [0.25, 0.3) is 15.5 Å². The Morgan fingerprint density at radius 1 is 1.22 bits per heavy atom. The fourth-order valence-electron chi connectivity index (χ4n) is 2.16. The van der Waals surface area contributed by atoms with E-state index >= 15 is 0 Å². The van der Waals surface area contributed by atoms with E-state index in [0.717, 1.165) is 27.0 Å². The molecule has 0 saturated carbocycles. The molecule has 0 fully saturated rings. The highest BCUT2D eigenvalue weighted by Crippen LogP contribution is 2.27. The average molecular weight is 341 g/mol. The Bertz CT molecular complexity index is 987. The summed E-state index contributed by atoms with van der Waals surface area (Å²) in [6.07, 6.45) is 0. The molecule has 0 unspecified atom stereocenters. The Morgan fingerprint density at radius 2 is 2.13 bits per heavy atom. The van der Waals surface area contributed by atoms with Gasteiger partial charge in [0.15, 0.2) is 5.82 Å². The summed E-state index contributed by atoms with van der Waals surface area (Å²) in [5, 5.41) is 18.2. The second-order valence-corrected chi connectivity index (χ2v) is 6.76. The molecule has 23 heavy (non-hydrogen) atoms. The molecule has 114 valence electrons.